The maximum Gasteiger partial charge on any atom is 0.206 e. The van der Waals surface area contributed by atoms with Crippen LogP contribution in [0, 0.1) is 0 Å². The van der Waals surface area contributed by atoms with Gasteiger partial charge < -0.3 is 20.3 Å². The first-order valence-corrected chi connectivity index (χ1v) is 11.0. The molecular weight excluding hydrogens is 487 g/mol. The zero-order valence-corrected chi connectivity index (χ0v) is 18.5. The molecule has 2 heterocycles. The van der Waals surface area contributed by atoms with Gasteiger partial charge in [0.1, 0.15) is 5.75 Å². The third-order valence-corrected chi connectivity index (χ3v) is 6.02. The first kappa shape index (κ1) is 19.6. The van der Waals surface area contributed by atoms with Crippen LogP contribution in [0.4, 0.5) is 11.4 Å². The number of hydrogen-bond donors (Lipinski definition) is 2. The molecule has 1 fully saturated rings. The second-order valence-corrected chi connectivity index (χ2v) is 8.13. The average Bonchev–Trinajstić information content (AvgIpc) is 2.75. The Morgan fingerprint density at radius 1 is 1.14 bits per heavy atom. The smallest absolute Gasteiger partial charge is 0.206 e. The number of nitrogens with zero attached hydrogens (tertiary/aromatic N) is 2. The summed E-state index contributed by atoms with van der Waals surface area (Å²) in [6.07, 6.45) is 4.38. The normalized spacial score (nSPS) is 17.6. The van der Waals surface area contributed by atoms with Gasteiger partial charge in [-0.05, 0) is 73.7 Å². The molecule has 0 atom stereocenters. The second-order valence-electron chi connectivity index (χ2n) is 7.21. The number of rotatable bonds is 3. The highest BCUT2D eigenvalue weighted by Crippen LogP contribution is 2.30. The Labute approximate surface area is 185 Å². The van der Waals surface area contributed by atoms with Crippen LogP contribution < -0.4 is 20.3 Å². The minimum atomic E-state index is 0.408. The molecular formula is C21H24ClIN4O. The van der Waals surface area contributed by atoms with Gasteiger partial charge in [-0.2, -0.15) is 3.21 Å². The molecule has 2 aliphatic heterocycles. The zero-order chi connectivity index (χ0) is 19.3. The number of halogens is 2. The van der Waals surface area contributed by atoms with Crippen molar-refractivity contribution in [3.05, 3.63) is 53.1 Å². The van der Waals surface area contributed by atoms with Crippen LogP contribution in [0.25, 0.3) is 0 Å². The van der Waals surface area contributed by atoms with Gasteiger partial charge in [0.05, 0.1) is 29.5 Å². The Morgan fingerprint density at radius 3 is 2.68 bits per heavy atom. The lowest BCUT2D eigenvalue weighted by Gasteiger charge is -2.35. The standard InChI is InChI=1S/C21H24ClIN4O/c22-16-3-5-17(6-4-16)24-21(26-23)25-18-9-11-27(12-10-18)19-7-8-20-15(14-19)2-1-13-28-20/h3-8,14,18H,1-2,9-13H2,(H2,24,25,26). The van der Waals surface area contributed by atoms with E-state index in [1.54, 1.807) is 0 Å². The van der Waals surface area contributed by atoms with Gasteiger partial charge in [-0.1, -0.05) is 11.6 Å². The van der Waals surface area contributed by atoms with Crippen LogP contribution in [0.5, 0.6) is 5.75 Å². The van der Waals surface area contributed by atoms with Gasteiger partial charge in [0, 0.05) is 35.5 Å². The molecule has 2 aliphatic rings. The molecule has 0 spiro atoms. The first-order chi connectivity index (χ1) is 13.7. The fraction of sp³-hybridized carbons (Fsp3) is 0.381. The summed E-state index contributed by atoms with van der Waals surface area (Å²) in [4.78, 5) is 2.47. The van der Waals surface area contributed by atoms with Gasteiger partial charge in [0.2, 0.25) is 5.96 Å². The number of anilines is 2. The summed E-state index contributed by atoms with van der Waals surface area (Å²) in [7, 11) is 0. The van der Waals surface area contributed by atoms with Gasteiger partial charge in [0.15, 0.2) is 0 Å². The van der Waals surface area contributed by atoms with Gasteiger partial charge >= 0.3 is 0 Å². The summed E-state index contributed by atoms with van der Waals surface area (Å²) in [5, 5.41) is 7.60. The quantitative estimate of drug-likeness (QED) is 0.345. The molecule has 5 nitrogen and oxygen atoms in total. The lowest BCUT2D eigenvalue weighted by Crippen LogP contribution is -2.46. The van der Waals surface area contributed by atoms with Crippen molar-refractivity contribution in [3.63, 3.8) is 0 Å². The molecule has 0 radical (unpaired) electrons. The van der Waals surface area contributed by atoms with E-state index < -0.39 is 0 Å². The van der Waals surface area contributed by atoms with E-state index in [0.717, 1.165) is 67.8 Å². The largest absolute Gasteiger partial charge is 0.493 e. The lowest BCUT2D eigenvalue weighted by atomic mass is 10.0. The Balaban J connectivity index is 1.31. The highest BCUT2D eigenvalue weighted by molar-refractivity contribution is 14.1. The predicted molar refractivity (Wildman–Crippen MR) is 125 cm³/mol. The topological polar surface area (TPSA) is 48.9 Å². The van der Waals surface area contributed by atoms with E-state index in [4.69, 9.17) is 16.3 Å². The van der Waals surface area contributed by atoms with Crippen molar-refractivity contribution in [2.24, 2.45) is 3.21 Å². The highest BCUT2D eigenvalue weighted by atomic mass is 127. The minimum Gasteiger partial charge on any atom is -0.493 e. The van der Waals surface area contributed by atoms with Gasteiger partial charge in [-0.25, -0.2) is 0 Å². The van der Waals surface area contributed by atoms with E-state index in [9.17, 15) is 0 Å². The van der Waals surface area contributed by atoms with Crippen molar-refractivity contribution < 1.29 is 4.74 Å². The number of benzene rings is 2. The monoisotopic (exact) mass is 510 g/mol. The summed E-state index contributed by atoms with van der Waals surface area (Å²) in [6.45, 7) is 2.91. The predicted octanol–water partition coefficient (Wildman–Crippen LogP) is 5.04. The van der Waals surface area contributed by atoms with Crippen molar-refractivity contribution in [2.45, 2.75) is 31.7 Å². The maximum absolute atomic E-state index is 5.95. The van der Waals surface area contributed by atoms with E-state index >= 15 is 0 Å². The van der Waals surface area contributed by atoms with Crippen molar-refractivity contribution in [3.8, 4) is 5.75 Å². The molecule has 0 bridgehead atoms. The molecule has 0 amide bonds. The third kappa shape index (κ3) is 4.84. The fourth-order valence-electron chi connectivity index (χ4n) is 3.77. The van der Waals surface area contributed by atoms with Crippen molar-refractivity contribution in [1.82, 2.24) is 5.32 Å². The summed E-state index contributed by atoms with van der Waals surface area (Å²) in [5.74, 6) is 1.84. The Bertz CT molecular complexity index is 835. The lowest BCUT2D eigenvalue weighted by molar-refractivity contribution is 0.288. The first-order valence-electron chi connectivity index (χ1n) is 9.70. The van der Waals surface area contributed by atoms with Crippen molar-refractivity contribution >= 4 is 51.8 Å². The zero-order valence-electron chi connectivity index (χ0n) is 15.6. The number of ether oxygens (including phenoxy) is 1. The molecule has 2 aromatic rings. The summed E-state index contributed by atoms with van der Waals surface area (Å²) >= 11 is 7.98. The second kappa shape index (κ2) is 9.22. The summed E-state index contributed by atoms with van der Waals surface area (Å²) in [5.41, 5.74) is 3.63. The van der Waals surface area contributed by atoms with E-state index in [1.807, 2.05) is 47.1 Å². The van der Waals surface area contributed by atoms with Crippen LogP contribution in [-0.2, 0) is 6.42 Å². The van der Waals surface area contributed by atoms with Gasteiger partial charge in [0.25, 0.3) is 0 Å². The fourth-order valence-corrected chi connectivity index (χ4v) is 4.16. The Morgan fingerprint density at radius 2 is 1.93 bits per heavy atom. The van der Waals surface area contributed by atoms with E-state index in [-0.39, 0.29) is 0 Å². The Hall–Kier alpha value is -1.67. The number of fused-ring (bicyclic) bond motifs is 1. The molecule has 1 saturated heterocycles. The molecule has 2 aromatic carbocycles. The number of piperidine rings is 1. The number of hydrogen-bond acceptors (Lipinski definition) is 3. The van der Waals surface area contributed by atoms with Gasteiger partial charge in [-0.3, -0.25) is 0 Å². The average molecular weight is 511 g/mol. The maximum atomic E-state index is 5.95. The van der Waals surface area contributed by atoms with E-state index in [1.165, 1.54) is 11.3 Å². The summed E-state index contributed by atoms with van der Waals surface area (Å²) in [6, 6.07) is 14.7. The molecule has 0 saturated carbocycles. The Kier molecular flexibility index (Phi) is 6.47. The molecule has 2 N–H and O–H groups in total. The molecule has 0 aliphatic carbocycles. The highest BCUT2D eigenvalue weighted by Gasteiger charge is 2.21. The minimum absolute atomic E-state index is 0.408. The number of guanidine groups is 1. The molecule has 0 unspecified atom stereocenters. The van der Waals surface area contributed by atoms with Gasteiger partial charge in [-0.15, -0.1) is 0 Å². The third-order valence-electron chi connectivity index (χ3n) is 5.28. The van der Waals surface area contributed by atoms with Crippen LogP contribution in [0.3, 0.4) is 0 Å². The van der Waals surface area contributed by atoms with Crippen LogP contribution in [0.2, 0.25) is 5.02 Å². The molecule has 28 heavy (non-hydrogen) atoms. The van der Waals surface area contributed by atoms with E-state index in [2.05, 4.69) is 36.9 Å². The SMILES string of the molecule is Clc1ccc(N/C(=N\I)NC2CCN(c3ccc4c(c3)CCCO4)CC2)cc1. The molecule has 148 valence electrons. The van der Waals surface area contributed by atoms with Crippen molar-refractivity contribution in [2.75, 3.05) is 29.9 Å². The summed E-state index contributed by atoms with van der Waals surface area (Å²) < 4.78 is 10.1. The van der Waals surface area contributed by atoms with Crippen LogP contribution in [-0.4, -0.2) is 31.7 Å². The molecule has 0 aromatic heterocycles. The molecule has 7 heteroatoms. The van der Waals surface area contributed by atoms with Crippen LogP contribution in [0.15, 0.2) is 45.7 Å². The van der Waals surface area contributed by atoms with Crippen LogP contribution in [0.1, 0.15) is 24.8 Å². The molecule has 4 rings (SSSR count). The van der Waals surface area contributed by atoms with Crippen LogP contribution >= 0.6 is 34.5 Å². The van der Waals surface area contributed by atoms with E-state index in [0.29, 0.717) is 6.04 Å². The number of aryl methyl sites for hydroxylation is 1. The van der Waals surface area contributed by atoms with Crippen molar-refractivity contribution in [1.29, 1.82) is 0 Å². The number of nitrogens with one attached hydrogen (secondary N) is 2.